The third kappa shape index (κ3) is 5.09. The maximum Gasteiger partial charge on any atom is 0.223 e. The summed E-state index contributed by atoms with van der Waals surface area (Å²) >= 11 is 5.83. The van der Waals surface area contributed by atoms with Crippen LogP contribution in [0.5, 0.6) is 5.75 Å². The van der Waals surface area contributed by atoms with E-state index >= 15 is 0 Å². The van der Waals surface area contributed by atoms with Crippen LogP contribution in [-0.4, -0.2) is 35.8 Å². The largest absolute Gasteiger partial charge is 0.489 e. The van der Waals surface area contributed by atoms with E-state index in [-0.39, 0.29) is 30.6 Å². The van der Waals surface area contributed by atoms with Gasteiger partial charge in [-0.3, -0.25) is 9.59 Å². The van der Waals surface area contributed by atoms with E-state index in [4.69, 9.17) is 16.3 Å². The number of carbonyl (C=O) groups excluding carboxylic acids is 2. The first kappa shape index (κ1) is 18.5. The van der Waals surface area contributed by atoms with Crippen molar-refractivity contribution in [2.45, 2.75) is 31.8 Å². The van der Waals surface area contributed by atoms with Crippen LogP contribution in [0.2, 0.25) is 5.02 Å². The molecule has 3 rings (SSSR count). The zero-order chi connectivity index (χ0) is 18.4. The van der Waals surface area contributed by atoms with Crippen molar-refractivity contribution >= 4 is 23.3 Å². The normalized spacial score (nSPS) is 17.0. The standard InChI is InChI=1S/C21H22ClNO3/c22-17-10-8-16(9-11-17)20(24)12-13-21(25)23-14-4-7-19(15-23)26-18-5-2-1-3-6-18/h1-3,5-6,8-11,19H,4,7,12-15H2. The molecule has 136 valence electrons. The van der Waals surface area contributed by atoms with E-state index in [0.717, 1.165) is 25.1 Å². The van der Waals surface area contributed by atoms with Gasteiger partial charge < -0.3 is 9.64 Å². The highest BCUT2D eigenvalue weighted by atomic mass is 35.5. The lowest BCUT2D eigenvalue weighted by Gasteiger charge is -2.33. The molecule has 0 aliphatic carbocycles. The Balaban J connectivity index is 1.49. The molecule has 1 unspecified atom stereocenters. The number of hydrogen-bond acceptors (Lipinski definition) is 3. The number of Topliss-reactive ketones (excluding diaryl/α,β-unsaturated/α-hetero) is 1. The Labute approximate surface area is 158 Å². The summed E-state index contributed by atoms with van der Waals surface area (Å²) in [7, 11) is 0. The number of piperidine rings is 1. The van der Waals surface area contributed by atoms with Crippen molar-refractivity contribution < 1.29 is 14.3 Å². The van der Waals surface area contributed by atoms with E-state index in [1.807, 2.05) is 35.2 Å². The monoisotopic (exact) mass is 371 g/mol. The first-order valence-electron chi connectivity index (χ1n) is 8.90. The Morgan fingerprint density at radius 1 is 1.04 bits per heavy atom. The predicted octanol–water partition coefficient (Wildman–Crippen LogP) is 4.37. The number of para-hydroxylation sites is 1. The quantitative estimate of drug-likeness (QED) is 0.708. The van der Waals surface area contributed by atoms with Crippen LogP contribution in [-0.2, 0) is 4.79 Å². The molecule has 1 fully saturated rings. The van der Waals surface area contributed by atoms with Crippen LogP contribution >= 0.6 is 11.6 Å². The first-order valence-corrected chi connectivity index (χ1v) is 9.28. The SMILES string of the molecule is O=C(CCC(=O)N1CCCC(Oc2ccccc2)C1)c1ccc(Cl)cc1. The summed E-state index contributed by atoms with van der Waals surface area (Å²) in [5, 5.41) is 0.593. The summed E-state index contributed by atoms with van der Waals surface area (Å²) in [5.74, 6) is 0.794. The highest BCUT2D eigenvalue weighted by Gasteiger charge is 2.25. The molecule has 5 heteroatoms. The molecule has 0 bridgehead atoms. The van der Waals surface area contributed by atoms with Crippen molar-refractivity contribution in [3.8, 4) is 5.75 Å². The number of ether oxygens (including phenoxy) is 1. The Kier molecular flexibility index (Phi) is 6.29. The third-order valence-electron chi connectivity index (χ3n) is 4.51. The zero-order valence-corrected chi connectivity index (χ0v) is 15.3. The lowest BCUT2D eigenvalue weighted by molar-refractivity contribution is -0.133. The van der Waals surface area contributed by atoms with Crippen LogP contribution in [0.15, 0.2) is 54.6 Å². The number of hydrogen-bond donors (Lipinski definition) is 0. The van der Waals surface area contributed by atoms with Crippen LogP contribution < -0.4 is 4.74 Å². The van der Waals surface area contributed by atoms with Crippen molar-refractivity contribution in [3.05, 3.63) is 65.2 Å². The Hall–Kier alpha value is -2.33. The number of rotatable bonds is 6. The predicted molar refractivity (Wildman–Crippen MR) is 102 cm³/mol. The topological polar surface area (TPSA) is 46.6 Å². The molecule has 1 saturated heterocycles. The minimum absolute atomic E-state index is 0.00191. The van der Waals surface area contributed by atoms with Crippen LogP contribution in [0.1, 0.15) is 36.0 Å². The van der Waals surface area contributed by atoms with Gasteiger partial charge in [-0.2, -0.15) is 0 Å². The van der Waals surface area contributed by atoms with Gasteiger partial charge in [0.15, 0.2) is 5.78 Å². The highest BCUT2D eigenvalue weighted by Crippen LogP contribution is 2.19. The number of nitrogens with zero attached hydrogens (tertiary/aromatic N) is 1. The molecule has 1 amide bonds. The van der Waals surface area contributed by atoms with Crippen molar-refractivity contribution in [3.63, 3.8) is 0 Å². The van der Waals surface area contributed by atoms with Crippen molar-refractivity contribution in [2.75, 3.05) is 13.1 Å². The van der Waals surface area contributed by atoms with Gasteiger partial charge in [0.05, 0.1) is 6.54 Å². The van der Waals surface area contributed by atoms with Gasteiger partial charge in [0.1, 0.15) is 11.9 Å². The van der Waals surface area contributed by atoms with Gasteiger partial charge in [-0.1, -0.05) is 29.8 Å². The van der Waals surface area contributed by atoms with E-state index in [1.54, 1.807) is 24.3 Å². The van der Waals surface area contributed by atoms with Crippen molar-refractivity contribution in [1.82, 2.24) is 4.90 Å². The van der Waals surface area contributed by atoms with Crippen molar-refractivity contribution in [1.29, 1.82) is 0 Å². The van der Waals surface area contributed by atoms with E-state index in [1.165, 1.54) is 0 Å². The second kappa shape index (κ2) is 8.86. The number of halogens is 1. The van der Waals surface area contributed by atoms with Gasteiger partial charge in [0.25, 0.3) is 0 Å². The van der Waals surface area contributed by atoms with E-state index in [0.29, 0.717) is 17.1 Å². The fourth-order valence-electron chi connectivity index (χ4n) is 3.11. The average molecular weight is 372 g/mol. The highest BCUT2D eigenvalue weighted by molar-refractivity contribution is 6.30. The fourth-order valence-corrected chi connectivity index (χ4v) is 3.24. The second-order valence-electron chi connectivity index (χ2n) is 6.46. The lowest BCUT2D eigenvalue weighted by Crippen LogP contribution is -2.44. The average Bonchev–Trinajstić information content (AvgIpc) is 2.67. The molecule has 1 aliphatic heterocycles. The second-order valence-corrected chi connectivity index (χ2v) is 6.90. The molecule has 1 aliphatic rings. The Bertz CT molecular complexity index is 746. The molecular weight excluding hydrogens is 350 g/mol. The summed E-state index contributed by atoms with van der Waals surface area (Å²) in [5.41, 5.74) is 0.589. The number of likely N-dealkylation sites (tertiary alicyclic amines) is 1. The van der Waals surface area contributed by atoms with Gasteiger partial charge in [-0.05, 0) is 49.2 Å². The summed E-state index contributed by atoms with van der Waals surface area (Å²) < 4.78 is 5.97. The van der Waals surface area contributed by atoms with Crippen LogP contribution in [0.3, 0.4) is 0 Å². The summed E-state index contributed by atoms with van der Waals surface area (Å²) in [6.07, 6.45) is 2.28. The van der Waals surface area contributed by atoms with Crippen LogP contribution in [0.4, 0.5) is 0 Å². The Morgan fingerprint density at radius 2 is 1.77 bits per heavy atom. The molecule has 0 aromatic heterocycles. The number of ketones is 1. The number of amides is 1. The van der Waals surface area contributed by atoms with Gasteiger partial charge in [-0.15, -0.1) is 0 Å². The van der Waals surface area contributed by atoms with Gasteiger partial charge in [0, 0.05) is 30.0 Å². The summed E-state index contributed by atoms with van der Waals surface area (Å²) in [4.78, 5) is 26.5. The zero-order valence-electron chi connectivity index (χ0n) is 14.6. The molecule has 0 N–H and O–H groups in total. The van der Waals surface area contributed by atoms with E-state index in [9.17, 15) is 9.59 Å². The fraction of sp³-hybridized carbons (Fsp3) is 0.333. The van der Waals surface area contributed by atoms with Gasteiger partial charge >= 0.3 is 0 Å². The molecular formula is C21H22ClNO3. The molecule has 4 nitrogen and oxygen atoms in total. The van der Waals surface area contributed by atoms with Crippen LogP contribution in [0.25, 0.3) is 0 Å². The summed E-state index contributed by atoms with van der Waals surface area (Å²) in [6, 6.07) is 16.4. The third-order valence-corrected chi connectivity index (χ3v) is 4.76. The first-order chi connectivity index (χ1) is 12.6. The molecule has 2 aromatic rings. The molecule has 0 radical (unpaired) electrons. The molecule has 0 saturated carbocycles. The molecule has 26 heavy (non-hydrogen) atoms. The van der Waals surface area contributed by atoms with Gasteiger partial charge in [0.2, 0.25) is 5.91 Å². The van der Waals surface area contributed by atoms with E-state index < -0.39 is 0 Å². The number of carbonyl (C=O) groups is 2. The minimum atomic E-state index is -0.0379. The molecule has 2 aromatic carbocycles. The molecule has 1 heterocycles. The van der Waals surface area contributed by atoms with Crippen molar-refractivity contribution in [2.24, 2.45) is 0 Å². The lowest BCUT2D eigenvalue weighted by atomic mass is 10.0. The maximum atomic E-state index is 12.5. The smallest absolute Gasteiger partial charge is 0.223 e. The molecule has 1 atom stereocenters. The minimum Gasteiger partial charge on any atom is -0.489 e. The van der Waals surface area contributed by atoms with E-state index in [2.05, 4.69) is 0 Å². The van der Waals surface area contributed by atoms with Crippen LogP contribution in [0, 0.1) is 0 Å². The maximum absolute atomic E-state index is 12.5. The Morgan fingerprint density at radius 3 is 2.50 bits per heavy atom. The molecule has 0 spiro atoms. The summed E-state index contributed by atoms with van der Waals surface area (Å²) in [6.45, 7) is 1.30. The van der Waals surface area contributed by atoms with Gasteiger partial charge in [-0.25, -0.2) is 0 Å². The number of benzene rings is 2.